The number of rotatable bonds is 5. The summed E-state index contributed by atoms with van der Waals surface area (Å²) in [6.45, 7) is 4.68. The lowest BCUT2D eigenvalue weighted by atomic mass is 9.88. The summed E-state index contributed by atoms with van der Waals surface area (Å²) in [5.74, 6) is 1.44. The maximum atomic E-state index is 10.0. The number of aliphatic hydroxyl groups excluding tert-OH is 1. The Bertz CT molecular complexity index is 296. The summed E-state index contributed by atoms with van der Waals surface area (Å²) in [4.78, 5) is 4.19. The fourth-order valence-corrected chi connectivity index (χ4v) is 1.81. The topological polar surface area (TPSA) is 64.1 Å². The van der Waals surface area contributed by atoms with Gasteiger partial charge in [-0.3, -0.25) is 0 Å². The van der Waals surface area contributed by atoms with Gasteiger partial charge in [0.05, 0.1) is 6.10 Å². The maximum Gasteiger partial charge on any atom is 0.110 e. The number of aromatic nitrogens is 2. The Balaban J connectivity index is 2.62. The standard InChI is InChI=1S/C11H21N3O/c1-8(2)9(7-12)10(15)6-11-13-4-5-14(11)3/h4-5,8-10,15H,6-7,12H2,1-3H3. The Labute approximate surface area is 91.1 Å². The van der Waals surface area contributed by atoms with Gasteiger partial charge in [0, 0.05) is 25.9 Å². The number of hydrogen-bond donors (Lipinski definition) is 2. The predicted octanol–water partition coefficient (Wildman–Crippen LogP) is 0.554. The van der Waals surface area contributed by atoms with Gasteiger partial charge in [-0.1, -0.05) is 13.8 Å². The van der Waals surface area contributed by atoms with E-state index in [2.05, 4.69) is 18.8 Å². The molecule has 0 amide bonds. The van der Waals surface area contributed by atoms with Gasteiger partial charge in [0.2, 0.25) is 0 Å². The molecule has 15 heavy (non-hydrogen) atoms. The summed E-state index contributed by atoms with van der Waals surface area (Å²) in [6.07, 6.45) is 3.80. The van der Waals surface area contributed by atoms with Gasteiger partial charge in [-0.25, -0.2) is 4.98 Å². The lowest BCUT2D eigenvalue weighted by Gasteiger charge is -2.24. The van der Waals surface area contributed by atoms with Crippen LogP contribution in [0.15, 0.2) is 12.4 Å². The summed E-state index contributed by atoms with van der Waals surface area (Å²) in [7, 11) is 1.93. The number of nitrogens with two attached hydrogens (primary N) is 1. The van der Waals surface area contributed by atoms with Crippen molar-refractivity contribution in [2.75, 3.05) is 6.54 Å². The first-order chi connectivity index (χ1) is 7.06. The molecular weight excluding hydrogens is 190 g/mol. The van der Waals surface area contributed by atoms with Crippen LogP contribution in [0.1, 0.15) is 19.7 Å². The van der Waals surface area contributed by atoms with E-state index in [1.807, 2.05) is 17.8 Å². The molecule has 4 heteroatoms. The maximum absolute atomic E-state index is 10.0. The van der Waals surface area contributed by atoms with Crippen molar-refractivity contribution in [3.63, 3.8) is 0 Å². The van der Waals surface area contributed by atoms with E-state index in [-0.39, 0.29) is 5.92 Å². The van der Waals surface area contributed by atoms with Crippen LogP contribution in [0.5, 0.6) is 0 Å². The number of aliphatic hydroxyl groups is 1. The lowest BCUT2D eigenvalue weighted by molar-refractivity contribution is 0.0840. The molecule has 0 fully saturated rings. The van der Waals surface area contributed by atoms with E-state index in [0.717, 1.165) is 5.82 Å². The van der Waals surface area contributed by atoms with Crippen molar-refractivity contribution in [1.82, 2.24) is 9.55 Å². The van der Waals surface area contributed by atoms with Gasteiger partial charge in [-0.2, -0.15) is 0 Å². The van der Waals surface area contributed by atoms with E-state index < -0.39 is 6.10 Å². The molecule has 2 unspecified atom stereocenters. The average Bonchev–Trinajstić information content (AvgIpc) is 2.52. The highest BCUT2D eigenvalue weighted by molar-refractivity contribution is 4.94. The molecule has 1 aromatic rings. The first-order valence-corrected chi connectivity index (χ1v) is 5.40. The summed E-state index contributed by atoms with van der Waals surface area (Å²) < 4.78 is 1.93. The van der Waals surface area contributed by atoms with E-state index in [9.17, 15) is 5.11 Å². The van der Waals surface area contributed by atoms with Crippen LogP contribution >= 0.6 is 0 Å². The molecule has 3 N–H and O–H groups in total. The molecule has 0 aliphatic carbocycles. The fourth-order valence-electron chi connectivity index (χ4n) is 1.81. The van der Waals surface area contributed by atoms with Crippen LogP contribution in [0.2, 0.25) is 0 Å². The van der Waals surface area contributed by atoms with Crippen molar-refractivity contribution in [3.8, 4) is 0 Å². The van der Waals surface area contributed by atoms with Gasteiger partial charge < -0.3 is 15.4 Å². The summed E-state index contributed by atoms with van der Waals surface area (Å²) in [5.41, 5.74) is 5.65. The zero-order valence-corrected chi connectivity index (χ0v) is 9.72. The largest absolute Gasteiger partial charge is 0.392 e. The zero-order valence-electron chi connectivity index (χ0n) is 9.72. The van der Waals surface area contributed by atoms with E-state index in [1.54, 1.807) is 6.20 Å². The third kappa shape index (κ3) is 3.04. The smallest absolute Gasteiger partial charge is 0.110 e. The SMILES string of the molecule is CC(C)C(CN)C(O)Cc1nccn1C. The minimum Gasteiger partial charge on any atom is -0.392 e. The highest BCUT2D eigenvalue weighted by Gasteiger charge is 2.22. The Morgan fingerprint density at radius 2 is 2.20 bits per heavy atom. The lowest BCUT2D eigenvalue weighted by Crippen LogP contribution is -2.34. The van der Waals surface area contributed by atoms with Crippen LogP contribution in [0.3, 0.4) is 0 Å². The molecule has 0 aliphatic rings. The molecule has 1 heterocycles. The van der Waals surface area contributed by atoms with E-state index in [0.29, 0.717) is 18.9 Å². The van der Waals surface area contributed by atoms with Gasteiger partial charge in [0.1, 0.15) is 5.82 Å². The molecule has 86 valence electrons. The van der Waals surface area contributed by atoms with Gasteiger partial charge in [-0.15, -0.1) is 0 Å². The third-order valence-electron chi connectivity index (χ3n) is 2.94. The molecular formula is C11H21N3O. The number of aryl methyl sites for hydroxylation is 1. The Kier molecular flexibility index (Phi) is 4.29. The number of imidazole rings is 1. The summed E-state index contributed by atoms with van der Waals surface area (Å²) in [5, 5.41) is 10.0. The number of hydrogen-bond acceptors (Lipinski definition) is 3. The first kappa shape index (κ1) is 12.2. The molecule has 0 saturated carbocycles. The van der Waals surface area contributed by atoms with Crippen molar-refractivity contribution >= 4 is 0 Å². The second kappa shape index (κ2) is 5.28. The quantitative estimate of drug-likeness (QED) is 0.747. The molecule has 0 bridgehead atoms. The third-order valence-corrected chi connectivity index (χ3v) is 2.94. The molecule has 0 radical (unpaired) electrons. The monoisotopic (exact) mass is 211 g/mol. The minimum absolute atomic E-state index is 0.140. The van der Waals surface area contributed by atoms with Crippen LogP contribution in [0, 0.1) is 11.8 Å². The van der Waals surface area contributed by atoms with Gasteiger partial charge in [0.15, 0.2) is 0 Å². The molecule has 0 saturated heterocycles. The Hall–Kier alpha value is -0.870. The zero-order chi connectivity index (χ0) is 11.4. The molecule has 1 aromatic heterocycles. The highest BCUT2D eigenvalue weighted by Crippen LogP contribution is 2.16. The summed E-state index contributed by atoms with van der Waals surface area (Å²) >= 11 is 0. The van der Waals surface area contributed by atoms with Crippen molar-refractivity contribution in [3.05, 3.63) is 18.2 Å². The molecule has 2 atom stereocenters. The van der Waals surface area contributed by atoms with E-state index in [1.165, 1.54) is 0 Å². The van der Waals surface area contributed by atoms with Crippen molar-refractivity contribution in [2.24, 2.45) is 24.6 Å². The van der Waals surface area contributed by atoms with Crippen molar-refractivity contribution < 1.29 is 5.11 Å². The van der Waals surface area contributed by atoms with Crippen LogP contribution < -0.4 is 5.73 Å². The van der Waals surface area contributed by atoms with Crippen molar-refractivity contribution in [2.45, 2.75) is 26.4 Å². The fraction of sp³-hybridized carbons (Fsp3) is 0.727. The van der Waals surface area contributed by atoms with Crippen LogP contribution in [0.4, 0.5) is 0 Å². The number of nitrogens with zero attached hydrogens (tertiary/aromatic N) is 2. The van der Waals surface area contributed by atoms with E-state index >= 15 is 0 Å². The molecule has 0 aliphatic heterocycles. The molecule has 4 nitrogen and oxygen atoms in total. The van der Waals surface area contributed by atoms with Crippen LogP contribution in [0.25, 0.3) is 0 Å². The second-order valence-corrected chi connectivity index (χ2v) is 4.37. The molecule has 1 rings (SSSR count). The second-order valence-electron chi connectivity index (χ2n) is 4.37. The van der Waals surface area contributed by atoms with Gasteiger partial charge in [0.25, 0.3) is 0 Å². The van der Waals surface area contributed by atoms with Gasteiger partial charge in [-0.05, 0) is 18.4 Å². The normalized spacial score (nSPS) is 15.6. The minimum atomic E-state index is -0.406. The Morgan fingerprint density at radius 1 is 1.53 bits per heavy atom. The predicted molar refractivity (Wildman–Crippen MR) is 60.3 cm³/mol. The van der Waals surface area contributed by atoms with E-state index in [4.69, 9.17) is 5.73 Å². The Morgan fingerprint density at radius 3 is 2.60 bits per heavy atom. The molecule has 0 aromatic carbocycles. The van der Waals surface area contributed by atoms with Crippen LogP contribution in [-0.4, -0.2) is 27.3 Å². The van der Waals surface area contributed by atoms with Crippen LogP contribution in [-0.2, 0) is 13.5 Å². The average molecular weight is 211 g/mol. The summed E-state index contributed by atoms with van der Waals surface area (Å²) in [6, 6.07) is 0. The first-order valence-electron chi connectivity index (χ1n) is 5.40. The highest BCUT2D eigenvalue weighted by atomic mass is 16.3. The van der Waals surface area contributed by atoms with Gasteiger partial charge >= 0.3 is 0 Å². The van der Waals surface area contributed by atoms with Crippen molar-refractivity contribution in [1.29, 1.82) is 0 Å². The molecule has 0 spiro atoms.